The molecule has 0 saturated carbocycles. The van der Waals surface area contributed by atoms with E-state index < -0.39 is 0 Å². The number of nitrogens with two attached hydrogens (primary N) is 1. The van der Waals surface area contributed by atoms with E-state index in [1.807, 2.05) is 31.3 Å². The van der Waals surface area contributed by atoms with Crippen LogP contribution >= 0.6 is 11.5 Å². The maximum absolute atomic E-state index is 7.47. The maximum Gasteiger partial charge on any atom is 0.205 e. The Balaban J connectivity index is 2.12. The third-order valence-electron chi connectivity index (χ3n) is 2.93. The van der Waals surface area contributed by atoms with E-state index in [-0.39, 0.29) is 5.84 Å². The van der Waals surface area contributed by atoms with Gasteiger partial charge in [0.1, 0.15) is 11.7 Å². The van der Waals surface area contributed by atoms with Crippen LogP contribution in [0.5, 0.6) is 0 Å². The standard InChI is InChI=1S/C14H19N5S/c1-9(2)13-17-14(20-18-13)19(3)8-10-5-4-6-11(7-10)12(15)16/h4-7,9H,8H2,1-3H3,(H3,15,16). The van der Waals surface area contributed by atoms with E-state index in [4.69, 9.17) is 11.1 Å². The molecule has 20 heavy (non-hydrogen) atoms. The van der Waals surface area contributed by atoms with Gasteiger partial charge in [0.05, 0.1) is 0 Å². The summed E-state index contributed by atoms with van der Waals surface area (Å²) in [5, 5.41) is 8.38. The van der Waals surface area contributed by atoms with Gasteiger partial charge in [-0.25, -0.2) is 4.98 Å². The minimum absolute atomic E-state index is 0.0903. The molecule has 1 heterocycles. The Labute approximate surface area is 123 Å². The number of rotatable bonds is 5. The Morgan fingerprint density at radius 2 is 2.20 bits per heavy atom. The minimum Gasteiger partial charge on any atom is -0.384 e. The molecule has 1 aromatic carbocycles. The topological polar surface area (TPSA) is 78.9 Å². The monoisotopic (exact) mass is 289 g/mol. The van der Waals surface area contributed by atoms with Gasteiger partial charge >= 0.3 is 0 Å². The summed E-state index contributed by atoms with van der Waals surface area (Å²) in [4.78, 5) is 6.59. The fourth-order valence-corrected chi connectivity index (χ4v) is 2.56. The zero-order valence-corrected chi connectivity index (χ0v) is 12.7. The molecule has 2 rings (SSSR count). The number of amidine groups is 1. The summed E-state index contributed by atoms with van der Waals surface area (Å²) in [6.07, 6.45) is 0. The molecule has 6 heteroatoms. The molecule has 0 bridgehead atoms. The van der Waals surface area contributed by atoms with E-state index >= 15 is 0 Å². The van der Waals surface area contributed by atoms with Crippen molar-refractivity contribution in [2.24, 2.45) is 5.73 Å². The lowest BCUT2D eigenvalue weighted by atomic mass is 10.1. The molecule has 3 N–H and O–H groups in total. The third-order valence-corrected chi connectivity index (χ3v) is 3.78. The van der Waals surface area contributed by atoms with Crippen LogP contribution in [0.3, 0.4) is 0 Å². The van der Waals surface area contributed by atoms with Gasteiger partial charge in [0.25, 0.3) is 0 Å². The highest BCUT2D eigenvalue weighted by molar-refractivity contribution is 7.09. The van der Waals surface area contributed by atoms with Gasteiger partial charge in [0.2, 0.25) is 5.13 Å². The average molecular weight is 289 g/mol. The first-order chi connectivity index (χ1) is 9.47. The molecule has 0 radical (unpaired) electrons. The van der Waals surface area contributed by atoms with E-state index in [0.29, 0.717) is 12.5 Å². The zero-order valence-electron chi connectivity index (χ0n) is 11.9. The Morgan fingerprint density at radius 3 is 2.80 bits per heavy atom. The van der Waals surface area contributed by atoms with Crippen LogP contribution in [0.15, 0.2) is 24.3 Å². The van der Waals surface area contributed by atoms with Gasteiger partial charge in [-0.3, -0.25) is 5.41 Å². The molecule has 106 valence electrons. The molecule has 0 fully saturated rings. The van der Waals surface area contributed by atoms with E-state index in [9.17, 15) is 0 Å². The first-order valence-corrected chi connectivity index (χ1v) is 7.22. The second-order valence-corrected chi connectivity index (χ2v) is 5.79. The summed E-state index contributed by atoms with van der Waals surface area (Å²) < 4.78 is 4.36. The van der Waals surface area contributed by atoms with Crippen LogP contribution in [0.1, 0.15) is 36.7 Å². The predicted octanol–water partition coefficient (Wildman–Crippen LogP) is 2.58. The quantitative estimate of drug-likeness (QED) is 0.655. The third kappa shape index (κ3) is 3.33. The first kappa shape index (κ1) is 14.5. The number of nitrogens with one attached hydrogen (secondary N) is 1. The molecular weight excluding hydrogens is 270 g/mol. The molecule has 0 unspecified atom stereocenters. The second-order valence-electron chi connectivity index (χ2n) is 5.06. The Bertz CT molecular complexity index is 605. The molecule has 0 aliphatic rings. The summed E-state index contributed by atoms with van der Waals surface area (Å²) in [5.41, 5.74) is 7.36. The van der Waals surface area contributed by atoms with E-state index in [1.165, 1.54) is 11.5 Å². The van der Waals surface area contributed by atoms with Gasteiger partial charge in [-0.1, -0.05) is 32.0 Å². The van der Waals surface area contributed by atoms with Gasteiger partial charge in [0, 0.05) is 36.6 Å². The van der Waals surface area contributed by atoms with Crippen LogP contribution in [-0.4, -0.2) is 22.2 Å². The summed E-state index contributed by atoms with van der Waals surface area (Å²) in [7, 11) is 1.99. The van der Waals surface area contributed by atoms with Gasteiger partial charge in [0.15, 0.2) is 0 Å². The van der Waals surface area contributed by atoms with Crippen molar-refractivity contribution in [2.75, 3.05) is 11.9 Å². The highest BCUT2D eigenvalue weighted by Crippen LogP contribution is 2.21. The number of nitrogen functional groups attached to an aromatic ring is 1. The van der Waals surface area contributed by atoms with Gasteiger partial charge in [-0.15, -0.1) is 0 Å². The first-order valence-electron chi connectivity index (χ1n) is 6.45. The lowest BCUT2D eigenvalue weighted by molar-refractivity contribution is 0.792. The lowest BCUT2D eigenvalue weighted by Crippen LogP contribution is -2.17. The summed E-state index contributed by atoms with van der Waals surface area (Å²) in [6.45, 7) is 4.89. The Hall–Kier alpha value is -1.95. The van der Waals surface area contributed by atoms with E-state index in [1.54, 1.807) is 0 Å². The molecule has 0 amide bonds. The van der Waals surface area contributed by atoms with Crippen LogP contribution in [0.25, 0.3) is 0 Å². The molecule has 0 atom stereocenters. The van der Waals surface area contributed by atoms with E-state index in [2.05, 4.69) is 28.1 Å². The SMILES string of the molecule is CC(C)c1nsc(N(C)Cc2cccc(C(=N)N)c2)n1. The van der Waals surface area contributed by atoms with Crippen LogP contribution < -0.4 is 10.6 Å². The van der Waals surface area contributed by atoms with Gasteiger partial charge in [-0.2, -0.15) is 4.37 Å². The number of hydrogen-bond donors (Lipinski definition) is 2. The lowest BCUT2D eigenvalue weighted by Gasteiger charge is -2.15. The van der Waals surface area contributed by atoms with Crippen molar-refractivity contribution in [1.29, 1.82) is 5.41 Å². The van der Waals surface area contributed by atoms with Crippen molar-refractivity contribution in [3.63, 3.8) is 0 Å². The van der Waals surface area contributed by atoms with E-state index in [0.717, 1.165) is 22.1 Å². The predicted molar refractivity (Wildman–Crippen MR) is 83.6 cm³/mol. The van der Waals surface area contributed by atoms with Crippen molar-refractivity contribution < 1.29 is 0 Å². The largest absolute Gasteiger partial charge is 0.384 e. The zero-order chi connectivity index (χ0) is 14.7. The fraction of sp³-hybridized carbons (Fsp3) is 0.357. The average Bonchev–Trinajstić information content (AvgIpc) is 2.88. The number of anilines is 1. The van der Waals surface area contributed by atoms with Crippen molar-refractivity contribution in [2.45, 2.75) is 26.3 Å². The number of hydrogen-bond acceptors (Lipinski definition) is 5. The highest BCUT2D eigenvalue weighted by Gasteiger charge is 2.11. The Kier molecular flexibility index (Phi) is 4.34. The van der Waals surface area contributed by atoms with Crippen LogP contribution in [0.4, 0.5) is 5.13 Å². The van der Waals surface area contributed by atoms with Crippen LogP contribution in [-0.2, 0) is 6.54 Å². The number of aromatic nitrogens is 2. The van der Waals surface area contributed by atoms with Gasteiger partial charge in [-0.05, 0) is 11.6 Å². The van der Waals surface area contributed by atoms with Crippen molar-refractivity contribution >= 4 is 22.5 Å². The second kappa shape index (κ2) is 6.00. The molecule has 0 spiro atoms. The molecule has 2 aromatic rings. The molecule has 0 aliphatic heterocycles. The highest BCUT2D eigenvalue weighted by atomic mass is 32.1. The normalized spacial score (nSPS) is 10.8. The summed E-state index contributed by atoms with van der Waals surface area (Å²) in [6, 6.07) is 7.71. The van der Waals surface area contributed by atoms with Crippen molar-refractivity contribution in [1.82, 2.24) is 9.36 Å². The Morgan fingerprint density at radius 1 is 1.45 bits per heavy atom. The van der Waals surface area contributed by atoms with Crippen molar-refractivity contribution in [3.05, 3.63) is 41.2 Å². The maximum atomic E-state index is 7.47. The van der Waals surface area contributed by atoms with Gasteiger partial charge < -0.3 is 10.6 Å². The van der Waals surface area contributed by atoms with Crippen molar-refractivity contribution in [3.8, 4) is 0 Å². The summed E-state index contributed by atoms with van der Waals surface area (Å²) >= 11 is 1.41. The molecule has 0 saturated heterocycles. The molecule has 0 aliphatic carbocycles. The molecular formula is C14H19N5S. The van der Waals surface area contributed by atoms with Crippen LogP contribution in [0, 0.1) is 5.41 Å². The fourth-order valence-electron chi connectivity index (χ4n) is 1.79. The molecule has 5 nitrogen and oxygen atoms in total. The smallest absolute Gasteiger partial charge is 0.205 e. The number of benzene rings is 1. The van der Waals surface area contributed by atoms with Crippen LogP contribution in [0.2, 0.25) is 0 Å². The molecule has 1 aromatic heterocycles. The summed E-state index contributed by atoms with van der Waals surface area (Å²) in [5.74, 6) is 1.32. The number of nitrogens with zero attached hydrogens (tertiary/aromatic N) is 3. The minimum atomic E-state index is 0.0903.